The van der Waals surface area contributed by atoms with Gasteiger partial charge in [-0.3, -0.25) is 4.79 Å². The smallest absolute Gasteiger partial charge is 0.339 e. The van der Waals surface area contributed by atoms with Crippen molar-refractivity contribution >= 4 is 16.9 Å². The Morgan fingerprint density at radius 3 is 2.83 bits per heavy atom. The van der Waals surface area contributed by atoms with E-state index in [9.17, 15) is 14.7 Å². The first-order valence-electron chi connectivity index (χ1n) is 10.5. The quantitative estimate of drug-likeness (QED) is 0.802. The number of aliphatic hydroxyl groups is 1. The Hall–Kier alpha value is -2.34. The fourth-order valence-corrected chi connectivity index (χ4v) is 4.83. The zero-order valence-corrected chi connectivity index (χ0v) is 17.4. The van der Waals surface area contributed by atoms with E-state index in [-0.39, 0.29) is 24.1 Å². The predicted octanol–water partition coefficient (Wildman–Crippen LogP) is 3.25. The highest BCUT2D eigenvalue weighted by atomic mass is 16.5. The molecule has 1 aromatic heterocycles. The molecule has 6 heteroatoms. The number of rotatable bonds is 3. The summed E-state index contributed by atoms with van der Waals surface area (Å²) >= 11 is 0. The van der Waals surface area contributed by atoms with Crippen molar-refractivity contribution in [1.29, 1.82) is 0 Å². The molecule has 0 bridgehead atoms. The number of hydrogen-bond acceptors (Lipinski definition) is 5. The van der Waals surface area contributed by atoms with Crippen molar-refractivity contribution in [1.82, 2.24) is 4.90 Å². The molecule has 2 aliphatic rings. The van der Waals surface area contributed by atoms with Gasteiger partial charge in [0.1, 0.15) is 11.3 Å². The highest BCUT2D eigenvalue weighted by Crippen LogP contribution is 2.39. The lowest BCUT2D eigenvalue weighted by Crippen LogP contribution is -2.55. The van der Waals surface area contributed by atoms with E-state index in [1.807, 2.05) is 30.9 Å². The summed E-state index contributed by atoms with van der Waals surface area (Å²) in [4.78, 5) is 26.6. The number of benzene rings is 1. The largest absolute Gasteiger partial charge is 0.483 e. The zero-order chi connectivity index (χ0) is 20.8. The van der Waals surface area contributed by atoms with Crippen LogP contribution in [0, 0.1) is 26.7 Å². The van der Waals surface area contributed by atoms with E-state index >= 15 is 0 Å². The number of aryl methyl sites for hydroxylation is 2. The van der Waals surface area contributed by atoms with Gasteiger partial charge in [-0.2, -0.15) is 0 Å². The van der Waals surface area contributed by atoms with Gasteiger partial charge in [0.05, 0.1) is 11.0 Å². The predicted molar refractivity (Wildman–Crippen MR) is 110 cm³/mol. The average Bonchev–Trinajstić information content (AvgIpc) is 2.69. The van der Waals surface area contributed by atoms with E-state index in [4.69, 9.17) is 9.15 Å². The van der Waals surface area contributed by atoms with E-state index in [0.717, 1.165) is 42.2 Å². The van der Waals surface area contributed by atoms with Crippen molar-refractivity contribution in [2.75, 3.05) is 19.7 Å². The maximum Gasteiger partial charge on any atom is 0.339 e. The lowest BCUT2D eigenvalue weighted by atomic mass is 9.71. The monoisotopic (exact) mass is 399 g/mol. The standard InChI is InChI=1S/C23H29NO5/c1-14-10-18(21-15(2)16(3)22(26)29-19(21)11-14)28-13-20(25)24-9-8-23(27)7-5-4-6-17(23)12-24/h10-11,17,27H,4-9,12-13H2,1-3H3/t17-,23-/m0/s1. The Balaban J connectivity index is 1.52. The second-order valence-corrected chi connectivity index (χ2v) is 8.70. The van der Waals surface area contributed by atoms with Gasteiger partial charge >= 0.3 is 5.63 Å². The minimum absolute atomic E-state index is 0.0681. The molecule has 0 unspecified atom stereocenters. The summed E-state index contributed by atoms with van der Waals surface area (Å²) in [5.41, 5.74) is 1.78. The van der Waals surface area contributed by atoms with Gasteiger partial charge in [-0.25, -0.2) is 4.79 Å². The number of fused-ring (bicyclic) bond motifs is 2. The Morgan fingerprint density at radius 1 is 1.24 bits per heavy atom. The number of carbonyl (C=O) groups is 1. The molecule has 2 fully saturated rings. The van der Waals surface area contributed by atoms with Crippen LogP contribution in [0.1, 0.15) is 48.8 Å². The number of carbonyl (C=O) groups excluding carboxylic acids is 1. The van der Waals surface area contributed by atoms with Crippen LogP contribution < -0.4 is 10.4 Å². The minimum atomic E-state index is -0.602. The molecule has 156 valence electrons. The molecule has 2 atom stereocenters. The van der Waals surface area contributed by atoms with Crippen LogP contribution >= 0.6 is 0 Å². The van der Waals surface area contributed by atoms with Gasteiger partial charge in [0, 0.05) is 24.6 Å². The summed E-state index contributed by atoms with van der Waals surface area (Å²) in [6.07, 6.45) is 4.64. The number of ether oxygens (including phenoxy) is 1. The molecule has 1 saturated heterocycles. The molecule has 4 rings (SSSR count). The number of nitrogens with zero attached hydrogens (tertiary/aromatic N) is 1. The molecular weight excluding hydrogens is 370 g/mol. The normalized spacial score (nSPS) is 24.4. The first-order valence-corrected chi connectivity index (χ1v) is 10.5. The van der Waals surface area contributed by atoms with Gasteiger partial charge < -0.3 is 19.2 Å². The third-order valence-electron chi connectivity index (χ3n) is 6.79. The average molecular weight is 399 g/mol. The van der Waals surface area contributed by atoms with Crippen LogP contribution in [-0.2, 0) is 4.79 Å². The molecule has 2 aromatic rings. The van der Waals surface area contributed by atoms with Gasteiger partial charge in [-0.1, -0.05) is 12.8 Å². The molecule has 6 nitrogen and oxygen atoms in total. The summed E-state index contributed by atoms with van der Waals surface area (Å²) < 4.78 is 11.4. The molecule has 1 N–H and O–H groups in total. The summed E-state index contributed by atoms with van der Waals surface area (Å²) in [5, 5.41) is 11.6. The Morgan fingerprint density at radius 2 is 2.03 bits per heavy atom. The first-order chi connectivity index (χ1) is 13.8. The van der Waals surface area contributed by atoms with Crippen LogP contribution in [-0.4, -0.2) is 41.2 Å². The third kappa shape index (κ3) is 3.66. The van der Waals surface area contributed by atoms with Crippen molar-refractivity contribution < 1.29 is 19.1 Å². The van der Waals surface area contributed by atoms with Gasteiger partial charge in [0.2, 0.25) is 0 Å². The lowest BCUT2D eigenvalue weighted by molar-refractivity contribution is -0.145. The first kappa shape index (κ1) is 20.0. The zero-order valence-electron chi connectivity index (χ0n) is 17.4. The molecule has 1 amide bonds. The molecule has 0 spiro atoms. The third-order valence-corrected chi connectivity index (χ3v) is 6.79. The van der Waals surface area contributed by atoms with Crippen LogP contribution in [0.5, 0.6) is 5.75 Å². The topological polar surface area (TPSA) is 80.0 Å². The summed E-state index contributed by atoms with van der Waals surface area (Å²) in [7, 11) is 0. The van der Waals surface area contributed by atoms with E-state index in [0.29, 0.717) is 36.4 Å². The highest BCUT2D eigenvalue weighted by molar-refractivity contribution is 5.88. The maximum atomic E-state index is 12.8. The van der Waals surface area contributed by atoms with Crippen molar-refractivity contribution in [3.63, 3.8) is 0 Å². The van der Waals surface area contributed by atoms with Crippen LogP contribution in [0.2, 0.25) is 0 Å². The molecule has 1 aliphatic heterocycles. The van der Waals surface area contributed by atoms with Crippen molar-refractivity contribution in [3.05, 3.63) is 39.2 Å². The van der Waals surface area contributed by atoms with Crippen LogP contribution in [0.3, 0.4) is 0 Å². The van der Waals surface area contributed by atoms with Crippen molar-refractivity contribution in [3.8, 4) is 5.75 Å². The molecule has 1 aliphatic carbocycles. The second-order valence-electron chi connectivity index (χ2n) is 8.70. The number of likely N-dealkylation sites (tertiary alicyclic amines) is 1. The van der Waals surface area contributed by atoms with Crippen molar-refractivity contribution in [2.45, 2.75) is 58.5 Å². The van der Waals surface area contributed by atoms with E-state index in [1.165, 1.54) is 0 Å². The molecule has 0 radical (unpaired) electrons. The maximum absolute atomic E-state index is 12.8. The molecule has 1 aromatic carbocycles. The van der Waals surface area contributed by atoms with Crippen LogP contribution in [0.15, 0.2) is 21.3 Å². The molecule has 2 heterocycles. The lowest BCUT2D eigenvalue weighted by Gasteiger charge is -2.47. The second kappa shape index (κ2) is 7.48. The van der Waals surface area contributed by atoms with E-state index < -0.39 is 5.60 Å². The highest BCUT2D eigenvalue weighted by Gasteiger charge is 2.43. The number of amides is 1. The van der Waals surface area contributed by atoms with Crippen LogP contribution in [0.25, 0.3) is 11.0 Å². The van der Waals surface area contributed by atoms with E-state index in [1.54, 1.807) is 6.92 Å². The molecule has 29 heavy (non-hydrogen) atoms. The number of piperidine rings is 1. The molecular formula is C23H29NO5. The van der Waals surface area contributed by atoms with Gasteiger partial charge in [-0.15, -0.1) is 0 Å². The number of hydrogen-bond donors (Lipinski definition) is 1. The summed E-state index contributed by atoms with van der Waals surface area (Å²) in [6.45, 7) is 6.60. The summed E-state index contributed by atoms with van der Waals surface area (Å²) in [5.74, 6) is 0.649. The van der Waals surface area contributed by atoms with Gasteiger partial charge in [0.25, 0.3) is 5.91 Å². The minimum Gasteiger partial charge on any atom is -0.483 e. The van der Waals surface area contributed by atoms with Crippen molar-refractivity contribution in [2.24, 2.45) is 5.92 Å². The fourth-order valence-electron chi connectivity index (χ4n) is 4.83. The SMILES string of the molecule is Cc1cc(OCC(=O)N2CC[C@@]3(O)CCCC[C@H]3C2)c2c(C)c(C)c(=O)oc2c1. The van der Waals surface area contributed by atoms with Crippen LogP contribution in [0.4, 0.5) is 0 Å². The summed E-state index contributed by atoms with van der Waals surface area (Å²) in [6, 6.07) is 3.69. The fraction of sp³-hybridized carbons (Fsp3) is 0.565. The van der Waals surface area contributed by atoms with Gasteiger partial charge in [-0.05, 0) is 63.3 Å². The Bertz CT molecular complexity index is 1010. The Kier molecular flexibility index (Phi) is 5.15. The Labute approximate surface area is 170 Å². The van der Waals surface area contributed by atoms with Gasteiger partial charge in [0.15, 0.2) is 6.61 Å². The van der Waals surface area contributed by atoms with E-state index in [2.05, 4.69) is 0 Å². The molecule has 1 saturated carbocycles.